The Morgan fingerprint density at radius 1 is 1.39 bits per heavy atom. The Balaban J connectivity index is 1.95. The van der Waals surface area contributed by atoms with Crippen LogP contribution in [0.2, 0.25) is 0 Å². The summed E-state index contributed by atoms with van der Waals surface area (Å²) in [5.74, 6) is 1.05. The van der Waals surface area contributed by atoms with E-state index in [1.54, 1.807) is 6.20 Å². The fraction of sp³-hybridized carbons (Fsp3) is 0.385. The van der Waals surface area contributed by atoms with E-state index in [9.17, 15) is 0 Å². The van der Waals surface area contributed by atoms with Gasteiger partial charge in [0.15, 0.2) is 0 Å². The van der Waals surface area contributed by atoms with E-state index in [2.05, 4.69) is 20.5 Å². The van der Waals surface area contributed by atoms with Gasteiger partial charge in [0.1, 0.15) is 5.82 Å². The van der Waals surface area contributed by atoms with Crippen molar-refractivity contribution in [1.29, 1.82) is 0 Å². The van der Waals surface area contributed by atoms with Crippen molar-refractivity contribution in [2.24, 2.45) is 0 Å². The maximum atomic E-state index is 5.74. The molecule has 0 bridgehead atoms. The predicted octanol–water partition coefficient (Wildman–Crippen LogP) is 1.52. The molecule has 1 aliphatic heterocycles. The number of nitrogens with two attached hydrogens (primary N) is 1. The highest BCUT2D eigenvalue weighted by Crippen LogP contribution is 2.31. The Morgan fingerprint density at radius 3 is 3.11 bits per heavy atom. The van der Waals surface area contributed by atoms with Gasteiger partial charge in [-0.2, -0.15) is 5.10 Å². The van der Waals surface area contributed by atoms with Gasteiger partial charge in [-0.25, -0.2) is 4.98 Å². The van der Waals surface area contributed by atoms with E-state index < -0.39 is 0 Å². The predicted molar refractivity (Wildman–Crippen MR) is 71.1 cm³/mol. The third-order valence-electron chi connectivity index (χ3n) is 3.47. The molecule has 0 saturated carbocycles. The Labute approximate surface area is 106 Å². The monoisotopic (exact) mass is 243 g/mol. The third-order valence-corrected chi connectivity index (χ3v) is 3.47. The minimum atomic E-state index is 0.505. The third kappa shape index (κ3) is 2.09. The molecule has 1 saturated heterocycles. The standard InChI is InChI=1S/C13H17N5/c14-12-6-9(3-5-16-12)11-8-17-18-13(11)10-2-1-4-15-7-10/h3,5-6,8,10,15H,1-2,4,7H2,(H2,14,16)(H,17,18). The van der Waals surface area contributed by atoms with Crippen molar-refractivity contribution in [3.05, 3.63) is 30.2 Å². The summed E-state index contributed by atoms with van der Waals surface area (Å²) in [6.07, 6.45) is 6.02. The molecule has 18 heavy (non-hydrogen) atoms. The van der Waals surface area contributed by atoms with Gasteiger partial charge in [-0.05, 0) is 37.1 Å². The Bertz CT molecular complexity index is 528. The number of nitrogens with zero attached hydrogens (tertiary/aromatic N) is 2. The van der Waals surface area contributed by atoms with Crippen LogP contribution >= 0.6 is 0 Å². The average Bonchev–Trinajstić information content (AvgIpc) is 2.89. The van der Waals surface area contributed by atoms with Crippen molar-refractivity contribution in [1.82, 2.24) is 20.5 Å². The molecule has 94 valence electrons. The molecule has 0 aliphatic carbocycles. The van der Waals surface area contributed by atoms with Crippen molar-refractivity contribution < 1.29 is 0 Å². The van der Waals surface area contributed by atoms with E-state index in [4.69, 9.17) is 5.73 Å². The summed E-state index contributed by atoms with van der Waals surface area (Å²) in [4.78, 5) is 4.03. The fourth-order valence-electron chi connectivity index (χ4n) is 2.55. The smallest absolute Gasteiger partial charge is 0.123 e. The minimum absolute atomic E-state index is 0.505. The number of aromatic amines is 1. The number of nitrogens with one attached hydrogen (secondary N) is 2. The van der Waals surface area contributed by atoms with Crippen molar-refractivity contribution in [2.45, 2.75) is 18.8 Å². The second-order valence-electron chi connectivity index (χ2n) is 4.71. The highest BCUT2D eigenvalue weighted by Gasteiger charge is 2.20. The van der Waals surface area contributed by atoms with Crippen molar-refractivity contribution in [2.75, 3.05) is 18.8 Å². The molecule has 3 heterocycles. The van der Waals surface area contributed by atoms with Gasteiger partial charge in [-0.1, -0.05) is 0 Å². The van der Waals surface area contributed by atoms with E-state index in [0.29, 0.717) is 11.7 Å². The van der Waals surface area contributed by atoms with Crippen LogP contribution in [0.15, 0.2) is 24.5 Å². The molecule has 2 aromatic rings. The molecule has 3 rings (SSSR count). The lowest BCUT2D eigenvalue weighted by atomic mass is 9.92. The summed E-state index contributed by atoms with van der Waals surface area (Å²) in [6, 6.07) is 3.87. The van der Waals surface area contributed by atoms with Gasteiger partial charge in [-0.15, -0.1) is 0 Å². The molecule has 2 aromatic heterocycles. The molecule has 5 heteroatoms. The number of piperidine rings is 1. The summed E-state index contributed by atoms with van der Waals surface area (Å²) in [7, 11) is 0. The molecular weight excluding hydrogens is 226 g/mol. The SMILES string of the molecule is Nc1cc(-c2cn[nH]c2C2CCCNC2)ccn1. The first kappa shape index (κ1) is 11.2. The molecule has 0 aromatic carbocycles. The second kappa shape index (κ2) is 4.78. The van der Waals surface area contributed by atoms with E-state index in [1.807, 2.05) is 18.3 Å². The Kier molecular flexibility index (Phi) is 2.98. The van der Waals surface area contributed by atoms with Gasteiger partial charge < -0.3 is 11.1 Å². The number of pyridine rings is 1. The van der Waals surface area contributed by atoms with Gasteiger partial charge in [0, 0.05) is 29.9 Å². The number of aromatic nitrogens is 3. The van der Waals surface area contributed by atoms with Crippen LogP contribution in [0.4, 0.5) is 5.82 Å². The summed E-state index contributed by atoms with van der Waals surface area (Å²) in [5.41, 5.74) is 9.16. The van der Waals surface area contributed by atoms with E-state index in [0.717, 1.165) is 24.2 Å². The molecule has 5 nitrogen and oxygen atoms in total. The van der Waals surface area contributed by atoms with Gasteiger partial charge >= 0.3 is 0 Å². The Morgan fingerprint density at radius 2 is 2.33 bits per heavy atom. The lowest BCUT2D eigenvalue weighted by Gasteiger charge is -2.22. The van der Waals surface area contributed by atoms with Crippen molar-refractivity contribution in [3.8, 4) is 11.1 Å². The molecule has 1 unspecified atom stereocenters. The summed E-state index contributed by atoms with van der Waals surface area (Å²) >= 11 is 0. The quantitative estimate of drug-likeness (QED) is 0.747. The number of anilines is 1. The summed E-state index contributed by atoms with van der Waals surface area (Å²) in [5, 5.41) is 10.8. The lowest BCUT2D eigenvalue weighted by molar-refractivity contribution is 0.455. The van der Waals surface area contributed by atoms with Crippen molar-refractivity contribution >= 4 is 5.82 Å². The first-order chi connectivity index (χ1) is 8.84. The van der Waals surface area contributed by atoms with Gasteiger partial charge in [0.25, 0.3) is 0 Å². The summed E-state index contributed by atoms with van der Waals surface area (Å²) < 4.78 is 0. The molecule has 1 aliphatic rings. The number of hydrogen-bond donors (Lipinski definition) is 3. The number of H-pyrrole nitrogens is 1. The van der Waals surface area contributed by atoms with Gasteiger partial charge in [0.2, 0.25) is 0 Å². The van der Waals surface area contributed by atoms with Crippen LogP contribution in [0.1, 0.15) is 24.5 Å². The highest BCUT2D eigenvalue weighted by molar-refractivity contribution is 5.67. The minimum Gasteiger partial charge on any atom is -0.384 e. The van der Waals surface area contributed by atoms with Crippen LogP contribution in [0.25, 0.3) is 11.1 Å². The maximum absolute atomic E-state index is 5.74. The first-order valence-electron chi connectivity index (χ1n) is 6.30. The molecule has 0 radical (unpaired) electrons. The number of nitrogen functional groups attached to an aromatic ring is 1. The van der Waals surface area contributed by atoms with Crippen LogP contribution in [-0.4, -0.2) is 28.3 Å². The van der Waals surface area contributed by atoms with Crippen LogP contribution in [0.3, 0.4) is 0 Å². The molecule has 1 fully saturated rings. The molecule has 0 spiro atoms. The van der Waals surface area contributed by atoms with Gasteiger partial charge in [0.05, 0.1) is 6.20 Å². The second-order valence-corrected chi connectivity index (χ2v) is 4.71. The fourth-order valence-corrected chi connectivity index (χ4v) is 2.55. The molecular formula is C13H17N5. The zero-order valence-electron chi connectivity index (χ0n) is 10.2. The van der Waals surface area contributed by atoms with E-state index in [-0.39, 0.29) is 0 Å². The maximum Gasteiger partial charge on any atom is 0.123 e. The van der Waals surface area contributed by atoms with Crippen LogP contribution in [0, 0.1) is 0 Å². The number of rotatable bonds is 2. The topological polar surface area (TPSA) is 79.6 Å². The normalized spacial score (nSPS) is 19.9. The average molecular weight is 243 g/mol. The lowest BCUT2D eigenvalue weighted by Crippen LogP contribution is -2.28. The first-order valence-corrected chi connectivity index (χ1v) is 6.30. The van der Waals surface area contributed by atoms with Crippen molar-refractivity contribution in [3.63, 3.8) is 0 Å². The van der Waals surface area contributed by atoms with Crippen LogP contribution in [0.5, 0.6) is 0 Å². The zero-order valence-corrected chi connectivity index (χ0v) is 10.2. The van der Waals surface area contributed by atoms with E-state index >= 15 is 0 Å². The van der Waals surface area contributed by atoms with Gasteiger partial charge in [-0.3, -0.25) is 5.10 Å². The summed E-state index contributed by atoms with van der Waals surface area (Å²) in [6.45, 7) is 2.12. The largest absolute Gasteiger partial charge is 0.384 e. The Hall–Kier alpha value is -1.88. The van der Waals surface area contributed by atoms with Crippen LogP contribution in [-0.2, 0) is 0 Å². The molecule has 0 amide bonds. The van der Waals surface area contributed by atoms with E-state index in [1.165, 1.54) is 18.5 Å². The zero-order chi connectivity index (χ0) is 12.4. The number of hydrogen-bond acceptors (Lipinski definition) is 4. The molecule has 1 atom stereocenters. The molecule has 4 N–H and O–H groups in total. The highest BCUT2D eigenvalue weighted by atomic mass is 15.1. The van der Waals surface area contributed by atoms with Crippen LogP contribution < -0.4 is 11.1 Å².